The molecule has 3 aromatic heterocycles. The number of nitrogens with one attached hydrogen (secondary N) is 4. The van der Waals surface area contributed by atoms with Gasteiger partial charge in [0.15, 0.2) is 5.82 Å². The average Bonchev–Trinajstić information content (AvgIpc) is 3.30. The van der Waals surface area contributed by atoms with E-state index in [0.717, 1.165) is 39.7 Å². The highest BCUT2D eigenvalue weighted by molar-refractivity contribution is 6.02. The van der Waals surface area contributed by atoms with Crippen molar-refractivity contribution in [3.63, 3.8) is 0 Å². The van der Waals surface area contributed by atoms with Gasteiger partial charge in [-0.15, -0.1) is 0 Å². The zero-order valence-electron chi connectivity index (χ0n) is 15.5. The summed E-state index contributed by atoms with van der Waals surface area (Å²) in [5.74, 6) is 0.122. The summed E-state index contributed by atoms with van der Waals surface area (Å²) in [5, 5.41) is 14.8. The minimum Gasteiger partial charge on any atom is -0.346 e. The van der Waals surface area contributed by atoms with Gasteiger partial charge in [0.2, 0.25) is 0 Å². The predicted molar refractivity (Wildman–Crippen MR) is 107 cm³/mol. The Balaban J connectivity index is 1.41. The number of hydrogen-bond donors (Lipinski definition) is 4. The quantitative estimate of drug-likeness (QED) is 0.413. The molecule has 0 aliphatic heterocycles. The number of H-pyrrole nitrogens is 2. The van der Waals surface area contributed by atoms with E-state index in [1.807, 2.05) is 31.2 Å². The summed E-state index contributed by atoms with van der Waals surface area (Å²) in [7, 11) is 0. The Kier molecular flexibility index (Phi) is 4.05. The van der Waals surface area contributed by atoms with E-state index < -0.39 is 0 Å². The molecule has 1 aliphatic carbocycles. The van der Waals surface area contributed by atoms with E-state index in [9.17, 15) is 4.79 Å². The lowest BCUT2D eigenvalue weighted by Crippen LogP contribution is -2.40. The van der Waals surface area contributed by atoms with Gasteiger partial charge in [0.25, 0.3) is 5.91 Å². The van der Waals surface area contributed by atoms with Crippen LogP contribution >= 0.6 is 0 Å². The van der Waals surface area contributed by atoms with Crippen molar-refractivity contribution in [3.05, 3.63) is 42.5 Å². The molecular weight excluding hydrogens is 354 g/mol. The lowest BCUT2D eigenvalue weighted by molar-refractivity contribution is 0.0930. The maximum atomic E-state index is 12.5. The number of rotatable bonds is 6. The monoisotopic (exact) mass is 375 g/mol. The van der Waals surface area contributed by atoms with Crippen molar-refractivity contribution in [2.45, 2.75) is 31.8 Å². The number of aromatic amines is 2. The molecule has 3 heterocycles. The number of aromatic nitrogens is 5. The molecule has 0 spiro atoms. The Hall–Kier alpha value is -3.26. The van der Waals surface area contributed by atoms with E-state index in [-0.39, 0.29) is 11.9 Å². The Bertz CT molecular complexity index is 1140. The lowest BCUT2D eigenvalue weighted by atomic mass is 10.1. The molecule has 1 aliphatic rings. The van der Waals surface area contributed by atoms with E-state index in [0.29, 0.717) is 11.9 Å². The molecule has 0 radical (unpaired) electrons. The SMILES string of the molecule is CC(CNC1CC1)NC(=O)c1nc2cc3c(-c4ccncc4)n[nH]c3cc2[nH]1. The smallest absolute Gasteiger partial charge is 0.287 e. The van der Waals surface area contributed by atoms with Gasteiger partial charge in [-0.3, -0.25) is 14.9 Å². The van der Waals surface area contributed by atoms with Crippen LogP contribution in [0.2, 0.25) is 0 Å². The zero-order chi connectivity index (χ0) is 19.1. The summed E-state index contributed by atoms with van der Waals surface area (Å²) in [6, 6.07) is 8.38. The maximum Gasteiger partial charge on any atom is 0.287 e. The summed E-state index contributed by atoms with van der Waals surface area (Å²) in [6.07, 6.45) is 5.94. The number of carbonyl (C=O) groups is 1. The first kappa shape index (κ1) is 16.9. The molecule has 1 unspecified atom stereocenters. The molecule has 8 heteroatoms. The molecule has 142 valence electrons. The molecule has 1 saturated carbocycles. The number of hydrogen-bond acceptors (Lipinski definition) is 5. The number of pyridine rings is 1. The van der Waals surface area contributed by atoms with Crippen LogP contribution in [-0.2, 0) is 0 Å². The molecule has 1 amide bonds. The summed E-state index contributed by atoms with van der Waals surface area (Å²) in [4.78, 5) is 24.2. The van der Waals surface area contributed by atoms with Gasteiger partial charge in [-0.1, -0.05) is 0 Å². The Labute approximate surface area is 161 Å². The minimum absolute atomic E-state index is 0.0402. The second-order valence-corrected chi connectivity index (χ2v) is 7.37. The second-order valence-electron chi connectivity index (χ2n) is 7.37. The minimum atomic E-state index is -0.197. The molecule has 28 heavy (non-hydrogen) atoms. The van der Waals surface area contributed by atoms with E-state index in [2.05, 4.69) is 35.8 Å². The molecule has 1 aromatic carbocycles. The van der Waals surface area contributed by atoms with Crippen LogP contribution in [0.1, 0.15) is 30.4 Å². The first-order valence-corrected chi connectivity index (χ1v) is 9.50. The fraction of sp³-hybridized carbons (Fsp3) is 0.300. The molecule has 5 rings (SSSR count). The van der Waals surface area contributed by atoms with Gasteiger partial charge in [0, 0.05) is 42.0 Å². The van der Waals surface area contributed by atoms with Gasteiger partial charge in [-0.05, 0) is 44.0 Å². The number of carbonyl (C=O) groups excluding carboxylic acids is 1. The van der Waals surface area contributed by atoms with Crippen LogP contribution in [0.25, 0.3) is 33.2 Å². The lowest BCUT2D eigenvalue weighted by Gasteiger charge is -2.13. The third kappa shape index (κ3) is 3.22. The van der Waals surface area contributed by atoms with Gasteiger partial charge in [0.05, 0.1) is 16.6 Å². The van der Waals surface area contributed by atoms with E-state index in [4.69, 9.17) is 0 Å². The van der Waals surface area contributed by atoms with Gasteiger partial charge in [0.1, 0.15) is 5.69 Å². The summed E-state index contributed by atoms with van der Waals surface area (Å²) in [6.45, 7) is 2.76. The summed E-state index contributed by atoms with van der Waals surface area (Å²) >= 11 is 0. The van der Waals surface area contributed by atoms with Crippen molar-refractivity contribution in [1.29, 1.82) is 0 Å². The molecule has 0 bridgehead atoms. The van der Waals surface area contributed by atoms with Gasteiger partial charge in [-0.25, -0.2) is 4.98 Å². The van der Waals surface area contributed by atoms with E-state index >= 15 is 0 Å². The van der Waals surface area contributed by atoms with Crippen LogP contribution in [0, 0.1) is 0 Å². The number of nitrogens with zero attached hydrogens (tertiary/aromatic N) is 3. The number of fused-ring (bicyclic) bond motifs is 2. The molecule has 8 nitrogen and oxygen atoms in total. The molecule has 0 saturated heterocycles. The third-order valence-electron chi connectivity index (χ3n) is 5.00. The van der Waals surface area contributed by atoms with Crippen molar-refractivity contribution in [3.8, 4) is 11.3 Å². The molecule has 1 fully saturated rings. The van der Waals surface area contributed by atoms with Crippen molar-refractivity contribution < 1.29 is 4.79 Å². The molecular formula is C20H21N7O. The fourth-order valence-electron chi connectivity index (χ4n) is 3.33. The van der Waals surface area contributed by atoms with Gasteiger partial charge < -0.3 is 15.6 Å². The highest BCUT2D eigenvalue weighted by Crippen LogP contribution is 2.28. The highest BCUT2D eigenvalue weighted by Gasteiger charge is 2.22. The maximum absolute atomic E-state index is 12.5. The van der Waals surface area contributed by atoms with Crippen LogP contribution in [0.3, 0.4) is 0 Å². The van der Waals surface area contributed by atoms with Gasteiger partial charge in [-0.2, -0.15) is 5.10 Å². The average molecular weight is 375 g/mol. The standard InChI is InChI=1S/C20H21N7O/c1-11(10-22-13-2-3-13)23-20(28)19-24-16-8-14-15(9-17(16)25-19)26-27-18(14)12-4-6-21-7-5-12/h4-9,11,13,22H,2-3,10H2,1H3,(H,23,28)(H,24,25)(H,26,27). The Morgan fingerprint density at radius 2 is 2.07 bits per heavy atom. The van der Waals surface area contributed by atoms with Crippen LogP contribution in [0.15, 0.2) is 36.7 Å². The normalized spacial score (nSPS) is 15.2. The number of benzene rings is 1. The van der Waals surface area contributed by atoms with Gasteiger partial charge >= 0.3 is 0 Å². The first-order chi connectivity index (χ1) is 13.7. The van der Waals surface area contributed by atoms with Crippen molar-refractivity contribution in [2.75, 3.05) is 6.54 Å². The molecule has 1 atom stereocenters. The third-order valence-corrected chi connectivity index (χ3v) is 5.00. The fourth-order valence-corrected chi connectivity index (χ4v) is 3.33. The first-order valence-electron chi connectivity index (χ1n) is 9.50. The van der Waals surface area contributed by atoms with Crippen LogP contribution in [0.5, 0.6) is 0 Å². The van der Waals surface area contributed by atoms with Crippen LogP contribution < -0.4 is 10.6 Å². The largest absolute Gasteiger partial charge is 0.346 e. The van der Waals surface area contributed by atoms with E-state index in [1.54, 1.807) is 12.4 Å². The Morgan fingerprint density at radius 1 is 1.25 bits per heavy atom. The van der Waals surface area contributed by atoms with Crippen molar-refractivity contribution in [1.82, 2.24) is 35.8 Å². The summed E-state index contributed by atoms with van der Waals surface area (Å²) < 4.78 is 0. The predicted octanol–water partition coefficient (Wildman–Crippen LogP) is 2.37. The zero-order valence-corrected chi connectivity index (χ0v) is 15.5. The van der Waals surface area contributed by atoms with Crippen LogP contribution in [0.4, 0.5) is 0 Å². The van der Waals surface area contributed by atoms with Crippen molar-refractivity contribution in [2.24, 2.45) is 0 Å². The molecule has 4 aromatic rings. The highest BCUT2D eigenvalue weighted by atomic mass is 16.2. The second kappa shape index (κ2) is 6.72. The molecule has 4 N–H and O–H groups in total. The number of amides is 1. The van der Waals surface area contributed by atoms with Crippen molar-refractivity contribution >= 4 is 27.8 Å². The van der Waals surface area contributed by atoms with E-state index in [1.165, 1.54) is 12.8 Å². The topological polar surface area (TPSA) is 111 Å². The Morgan fingerprint density at radius 3 is 2.86 bits per heavy atom. The van der Waals surface area contributed by atoms with Crippen LogP contribution in [-0.4, -0.2) is 49.7 Å². The summed E-state index contributed by atoms with van der Waals surface area (Å²) in [5.41, 5.74) is 4.24. The number of imidazole rings is 1.